The molecule has 90 valence electrons. The van der Waals surface area contributed by atoms with Crippen molar-refractivity contribution in [3.8, 4) is 6.07 Å². The zero-order chi connectivity index (χ0) is 13.0. The third kappa shape index (κ3) is 2.76. The van der Waals surface area contributed by atoms with Crippen molar-refractivity contribution in [2.75, 3.05) is 0 Å². The minimum atomic E-state index is -0.153. The number of nitriles is 1. The zero-order valence-electron chi connectivity index (χ0n) is 9.93. The molecular weight excluding hydrogens is 244 g/mol. The van der Waals surface area contributed by atoms with Crippen molar-refractivity contribution < 1.29 is 4.79 Å². The lowest BCUT2D eigenvalue weighted by Crippen LogP contribution is -2.22. The highest BCUT2D eigenvalue weighted by Crippen LogP contribution is 2.15. The Hall–Kier alpha value is -2.12. The first-order valence-electron chi connectivity index (χ1n) is 5.52. The first-order valence-corrected chi connectivity index (χ1v) is 6.40. The standard InChI is InChI=1S/C14H12N2OS/c1-10-5-6-18-13(10)9-16-14(17)12-4-2-3-11(7-12)8-15/h2-7H,9H2,1H3,(H,16,17). The fourth-order valence-corrected chi connectivity index (χ4v) is 2.42. The van der Waals surface area contributed by atoms with Gasteiger partial charge in [-0.2, -0.15) is 5.26 Å². The van der Waals surface area contributed by atoms with Gasteiger partial charge in [0, 0.05) is 10.4 Å². The Morgan fingerprint density at radius 2 is 2.28 bits per heavy atom. The molecule has 0 saturated carbocycles. The van der Waals surface area contributed by atoms with Crippen molar-refractivity contribution in [2.24, 2.45) is 0 Å². The van der Waals surface area contributed by atoms with Crippen molar-refractivity contribution in [2.45, 2.75) is 13.5 Å². The van der Waals surface area contributed by atoms with Crippen LogP contribution < -0.4 is 5.32 Å². The lowest BCUT2D eigenvalue weighted by atomic mass is 10.1. The van der Waals surface area contributed by atoms with E-state index < -0.39 is 0 Å². The van der Waals surface area contributed by atoms with Crippen LogP contribution in [0.25, 0.3) is 0 Å². The predicted octanol–water partition coefficient (Wildman–Crippen LogP) is 2.86. The average Bonchev–Trinajstić information content (AvgIpc) is 2.81. The molecule has 18 heavy (non-hydrogen) atoms. The van der Waals surface area contributed by atoms with Crippen molar-refractivity contribution in [3.63, 3.8) is 0 Å². The van der Waals surface area contributed by atoms with Gasteiger partial charge in [-0.1, -0.05) is 6.07 Å². The van der Waals surface area contributed by atoms with Gasteiger partial charge >= 0.3 is 0 Å². The van der Waals surface area contributed by atoms with Crippen LogP contribution in [0, 0.1) is 18.3 Å². The summed E-state index contributed by atoms with van der Waals surface area (Å²) in [5, 5.41) is 13.6. The van der Waals surface area contributed by atoms with Gasteiger partial charge in [-0.05, 0) is 42.1 Å². The number of carbonyl (C=O) groups is 1. The number of hydrogen-bond acceptors (Lipinski definition) is 3. The third-order valence-electron chi connectivity index (χ3n) is 2.63. The quantitative estimate of drug-likeness (QED) is 0.918. The monoisotopic (exact) mass is 256 g/mol. The summed E-state index contributed by atoms with van der Waals surface area (Å²) < 4.78 is 0. The number of carbonyl (C=O) groups excluding carboxylic acids is 1. The van der Waals surface area contributed by atoms with Crippen LogP contribution in [0.4, 0.5) is 0 Å². The van der Waals surface area contributed by atoms with E-state index >= 15 is 0 Å². The molecule has 2 rings (SSSR count). The Bertz CT molecular complexity index is 610. The molecule has 1 amide bonds. The van der Waals surface area contributed by atoms with E-state index in [-0.39, 0.29) is 5.91 Å². The van der Waals surface area contributed by atoms with Crippen LogP contribution in [0.3, 0.4) is 0 Å². The van der Waals surface area contributed by atoms with E-state index in [2.05, 4.69) is 5.32 Å². The SMILES string of the molecule is Cc1ccsc1CNC(=O)c1cccc(C#N)c1. The van der Waals surface area contributed by atoms with Gasteiger partial charge in [0.25, 0.3) is 5.91 Å². The van der Waals surface area contributed by atoms with Crippen LogP contribution in [0.2, 0.25) is 0 Å². The second kappa shape index (κ2) is 5.48. The number of rotatable bonds is 3. The van der Waals surface area contributed by atoms with Crippen LogP contribution in [-0.2, 0) is 6.54 Å². The van der Waals surface area contributed by atoms with Gasteiger partial charge in [0.1, 0.15) is 0 Å². The molecule has 0 fully saturated rings. The van der Waals surface area contributed by atoms with Gasteiger partial charge in [-0.25, -0.2) is 0 Å². The van der Waals surface area contributed by atoms with Crippen molar-refractivity contribution >= 4 is 17.2 Å². The van der Waals surface area contributed by atoms with E-state index in [4.69, 9.17) is 5.26 Å². The summed E-state index contributed by atoms with van der Waals surface area (Å²) in [6, 6.07) is 10.7. The van der Waals surface area contributed by atoms with Crippen LogP contribution in [0.1, 0.15) is 26.4 Å². The third-order valence-corrected chi connectivity index (χ3v) is 3.65. The van der Waals surface area contributed by atoms with Crippen LogP contribution in [0.15, 0.2) is 35.7 Å². The molecule has 1 aromatic carbocycles. The van der Waals surface area contributed by atoms with Crippen molar-refractivity contribution in [1.29, 1.82) is 5.26 Å². The summed E-state index contributed by atoms with van der Waals surface area (Å²) in [7, 11) is 0. The smallest absolute Gasteiger partial charge is 0.251 e. The van der Waals surface area contributed by atoms with Crippen LogP contribution >= 0.6 is 11.3 Å². The highest BCUT2D eigenvalue weighted by molar-refractivity contribution is 7.10. The largest absolute Gasteiger partial charge is 0.347 e. The second-order valence-electron chi connectivity index (χ2n) is 3.90. The molecule has 0 aliphatic heterocycles. The lowest BCUT2D eigenvalue weighted by Gasteiger charge is -2.04. The highest BCUT2D eigenvalue weighted by Gasteiger charge is 2.07. The first-order chi connectivity index (χ1) is 8.70. The molecule has 3 nitrogen and oxygen atoms in total. The van der Waals surface area contributed by atoms with E-state index in [0.29, 0.717) is 17.7 Å². The predicted molar refractivity (Wildman–Crippen MR) is 71.4 cm³/mol. The molecule has 4 heteroatoms. The van der Waals surface area contributed by atoms with E-state index in [1.54, 1.807) is 35.6 Å². The second-order valence-corrected chi connectivity index (χ2v) is 4.90. The number of amides is 1. The number of nitrogens with zero attached hydrogens (tertiary/aromatic N) is 1. The topological polar surface area (TPSA) is 52.9 Å². The molecule has 0 radical (unpaired) electrons. The van der Waals surface area contributed by atoms with Gasteiger partial charge < -0.3 is 5.32 Å². The van der Waals surface area contributed by atoms with Crippen molar-refractivity contribution in [3.05, 3.63) is 57.3 Å². The van der Waals surface area contributed by atoms with Gasteiger partial charge in [0.15, 0.2) is 0 Å². The minimum absolute atomic E-state index is 0.153. The maximum atomic E-state index is 11.9. The molecular formula is C14H12N2OS. The number of benzene rings is 1. The Morgan fingerprint density at radius 1 is 1.44 bits per heavy atom. The molecule has 0 unspecified atom stereocenters. The van der Waals surface area contributed by atoms with E-state index in [1.165, 1.54) is 5.56 Å². The maximum Gasteiger partial charge on any atom is 0.251 e. The van der Waals surface area contributed by atoms with Gasteiger partial charge in [-0.15, -0.1) is 11.3 Å². The minimum Gasteiger partial charge on any atom is -0.347 e. The Labute approximate surface area is 110 Å². The molecule has 1 heterocycles. The summed E-state index contributed by atoms with van der Waals surface area (Å²) in [5.41, 5.74) is 2.20. The van der Waals surface area contributed by atoms with Crippen LogP contribution in [0.5, 0.6) is 0 Å². The van der Waals surface area contributed by atoms with Gasteiger partial charge in [-0.3, -0.25) is 4.79 Å². The Balaban J connectivity index is 2.04. The molecule has 0 aliphatic carbocycles. The highest BCUT2D eigenvalue weighted by atomic mass is 32.1. The number of aryl methyl sites for hydroxylation is 1. The normalized spacial score (nSPS) is 9.78. The molecule has 0 saturated heterocycles. The summed E-state index contributed by atoms with van der Waals surface area (Å²) >= 11 is 1.63. The van der Waals surface area contributed by atoms with E-state index in [0.717, 1.165) is 4.88 Å². The molecule has 1 N–H and O–H groups in total. The van der Waals surface area contributed by atoms with E-state index in [1.807, 2.05) is 24.4 Å². The molecule has 0 atom stereocenters. The maximum absolute atomic E-state index is 11.9. The summed E-state index contributed by atoms with van der Waals surface area (Å²) in [6.07, 6.45) is 0. The summed E-state index contributed by atoms with van der Waals surface area (Å²) in [6.45, 7) is 2.55. The first kappa shape index (κ1) is 12.3. The molecule has 0 spiro atoms. The molecule has 0 bridgehead atoms. The number of nitrogens with one attached hydrogen (secondary N) is 1. The fraction of sp³-hybridized carbons (Fsp3) is 0.143. The average molecular weight is 256 g/mol. The Kier molecular flexibility index (Phi) is 3.75. The molecule has 0 aliphatic rings. The fourth-order valence-electron chi connectivity index (χ4n) is 1.58. The number of thiophene rings is 1. The van der Waals surface area contributed by atoms with Crippen molar-refractivity contribution in [1.82, 2.24) is 5.32 Å². The number of hydrogen-bond donors (Lipinski definition) is 1. The lowest BCUT2D eigenvalue weighted by molar-refractivity contribution is 0.0951. The van der Waals surface area contributed by atoms with Crippen LogP contribution in [-0.4, -0.2) is 5.91 Å². The Morgan fingerprint density at radius 3 is 2.94 bits per heavy atom. The molecule has 1 aromatic heterocycles. The summed E-state index contributed by atoms with van der Waals surface area (Å²) in [4.78, 5) is 13.1. The van der Waals surface area contributed by atoms with Gasteiger partial charge in [0.05, 0.1) is 18.2 Å². The van der Waals surface area contributed by atoms with E-state index in [9.17, 15) is 4.79 Å². The molecule has 2 aromatic rings. The summed E-state index contributed by atoms with van der Waals surface area (Å²) in [5.74, 6) is -0.153. The van der Waals surface area contributed by atoms with Gasteiger partial charge in [0.2, 0.25) is 0 Å². The zero-order valence-corrected chi connectivity index (χ0v) is 10.8.